The number of halogens is 3. The number of nitrogens with zero attached hydrogens (tertiary/aromatic N) is 4. The topological polar surface area (TPSA) is 66.0 Å². The van der Waals surface area contributed by atoms with Crippen LogP contribution in [0.25, 0.3) is 11.3 Å². The zero-order valence-electron chi connectivity index (χ0n) is 17.0. The van der Waals surface area contributed by atoms with E-state index in [4.69, 9.17) is 0 Å². The Morgan fingerprint density at radius 1 is 1.03 bits per heavy atom. The van der Waals surface area contributed by atoms with Gasteiger partial charge in [0.05, 0.1) is 11.3 Å². The molecule has 0 aliphatic rings. The van der Waals surface area contributed by atoms with Crippen LogP contribution in [-0.2, 0) is 6.18 Å². The number of benzene rings is 1. The zero-order valence-corrected chi connectivity index (χ0v) is 17.0. The molecule has 0 fully saturated rings. The van der Waals surface area contributed by atoms with Crippen molar-refractivity contribution in [2.24, 2.45) is 0 Å². The van der Waals surface area contributed by atoms with Crippen LogP contribution in [0.2, 0.25) is 0 Å². The third-order valence-electron chi connectivity index (χ3n) is 4.45. The van der Waals surface area contributed by atoms with E-state index in [0.29, 0.717) is 29.7 Å². The Morgan fingerprint density at radius 2 is 1.77 bits per heavy atom. The first kappa shape index (κ1) is 21.5. The van der Waals surface area contributed by atoms with Crippen LogP contribution in [0, 0.1) is 6.92 Å². The third kappa shape index (κ3) is 5.44. The van der Waals surface area contributed by atoms with Crippen LogP contribution in [0.15, 0.2) is 48.8 Å². The van der Waals surface area contributed by atoms with Crippen molar-refractivity contribution < 1.29 is 13.2 Å². The Morgan fingerprint density at radius 3 is 2.43 bits per heavy atom. The second-order valence-corrected chi connectivity index (χ2v) is 7.03. The summed E-state index contributed by atoms with van der Waals surface area (Å²) in [6, 6.07) is 9.36. The predicted molar refractivity (Wildman–Crippen MR) is 112 cm³/mol. The molecule has 0 aliphatic heterocycles. The lowest BCUT2D eigenvalue weighted by Gasteiger charge is -2.16. The molecule has 3 aromatic rings. The van der Waals surface area contributed by atoms with E-state index in [1.54, 1.807) is 24.5 Å². The summed E-state index contributed by atoms with van der Waals surface area (Å²) in [4.78, 5) is 15.0. The Bertz CT molecular complexity index is 990. The lowest BCUT2D eigenvalue weighted by atomic mass is 10.1. The van der Waals surface area contributed by atoms with E-state index in [9.17, 15) is 13.2 Å². The van der Waals surface area contributed by atoms with Crippen molar-refractivity contribution in [1.29, 1.82) is 0 Å². The SMILES string of the molecule is Cc1c(Nc2cc(-c3ccncc3)nc(NCCN(C)C)n2)cccc1C(F)(F)F. The van der Waals surface area contributed by atoms with Gasteiger partial charge in [-0.1, -0.05) is 6.07 Å². The number of aromatic nitrogens is 3. The molecule has 30 heavy (non-hydrogen) atoms. The minimum absolute atomic E-state index is 0.108. The van der Waals surface area contributed by atoms with Crippen LogP contribution in [0.4, 0.5) is 30.6 Å². The van der Waals surface area contributed by atoms with Gasteiger partial charge in [-0.2, -0.15) is 18.2 Å². The number of hydrogen-bond donors (Lipinski definition) is 2. The number of likely N-dealkylation sites (N-methyl/N-ethyl adjacent to an activating group) is 1. The van der Waals surface area contributed by atoms with Gasteiger partial charge in [0.15, 0.2) is 0 Å². The molecule has 9 heteroatoms. The van der Waals surface area contributed by atoms with Crippen LogP contribution in [0.5, 0.6) is 0 Å². The van der Waals surface area contributed by atoms with Crippen LogP contribution < -0.4 is 10.6 Å². The Kier molecular flexibility index (Phi) is 6.51. The number of hydrogen-bond acceptors (Lipinski definition) is 6. The number of rotatable bonds is 7. The summed E-state index contributed by atoms with van der Waals surface area (Å²) in [6.45, 7) is 2.83. The number of alkyl halides is 3. The van der Waals surface area contributed by atoms with E-state index < -0.39 is 11.7 Å². The summed E-state index contributed by atoms with van der Waals surface area (Å²) < 4.78 is 39.7. The maximum absolute atomic E-state index is 13.2. The first-order chi connectivity index (χ1) is 14.2. The summed E-state index contributed by atoms with van der Waals surface area (Å²) in [6.07, 6.45) is -1.12. The monoisotopic (exact) mass is 416 g/mol. The van der Waals surface area contributed by atoms with Crippen molar-refractivity contribution in [3.63, 3.8) is 0 Å². The molecule has 0 saturated carbocycles. The lowest BCUT2D eigenvalue weighted by molar-refractivity contribution is -0.138. The van der Waals surface area contributed by atoms with Crippen LogP contribution >= 0.6 is 0 Å². The highest BCUT2D eigenvalue weighted by Crippen LogP contribution is 2.35. The van der Waals surface area contributed by atoms with Gasteiger partial charge in [-0.15, -0.1) is 0 Å². The molecule has 0 atom stereocenters. The molecular weight excluding hydrogens is 393 g/mol. The standard InChI is InChI=1S/C21H23F3N6/c1-14-16(21(22,23)24)5-4-6-17(14)27-19-13-18(15-7-9-25-10-8-15)28-20(29-19)26-11-12-30(2)3/h4-10,13H,11-12H2,1-3H3,(H2,26,27,28,29). The molecule has 0 aliphatic carbocycles. The van der Waals surface area contributed by atoms with Gasteiger partial charge in [-0.05, 0) is 50.8 Å². The number of anilines is 3. The molecule has 6 nitrogen and oxygen atoms in total. The van der Waals surface area contributed by atoms with Gasteiger partial charge in [0, 0.05) is 42.8 Å². The highest BCUT2D eigenvalue weighted by atomic mass is 19.4. The van der Waals surface area contributed by atoms with Crippen molar-refractivity contribution >= 4 is 17.5 Å². The molecule has 1 aromatic carbocycles. The quantitative estimate of drug-likeness (QED) is 0.588. The molecule has 0 unspecified atom stereocenters. The van der Waals surface area contributed by atoms with Gasteiger partial charge in [-0.3, -0.25) is 4.98 Å². The fraction of sp³-hybridized carbons (Fsp3) is 0.286. The molecule has 0 saturated heterocycles. The second kappa shape index (κ2) is 9.08. The summed E-state index contributed by atoms with van der Waals surface area (Å²) in [5.74, 6) is 0.782. The van der Waals surface area contributed by atoms with E-state index in [1.807, 2.05) is 31.1 Å². The van der Waals surface area contributed by atoms with Gasteiger partial charge in [0.1, 0.15) is 5.82 Å². The highest BCUT2D eigenvalue weighted by Gasteiger charge is 2.32. The van der Waals surface area contributed by atoms with Gasteiger partial charge in [-0.25, -0.2) is 4.98 Å². The number of pyridine rings is 1. The van der Waals surface area contributed by atoms with E-state index >= 15 is 0 Å². The zero-order chi connectivity index (χ0) is 21.7. The van der Waals surface area contributed by atoms with Crippen LogP contribution in [0.1, 0.15) is 11.1 Å². The predicted octanol–water partition coefficient (Wildman–Crippen LogP) is 4.58. The van der Waals surface area contributed by atoms with Crippen molar-refractivity contribution in [3.8, 4) is 11.3 Å². The fourth-order valence-electron chi connectivity index (χ4n) is 2.87. The molecule has 158 valence electrons. The second-order valence-electron chi connectivity index (χ2n) is 7.03. The minimum Gasteiger partial charge on any atom is -0.353 e. The van der Waals surface area contributed by atoms with Gasteiger partial charge in [0.2, 0.25) is 5.95 Å². The van der Waals surface area contributed by atoms with E-state index in [0.717, 1.165) is 18.2 Å². The molecule has 3 rings (SSSR count). The fourth-order valence-corrected chi connectivity index (χ4v) is 2.87. The lowest BCUT2D eigenvalue weighted by Crippen LogP contribution is -2.21. The molecule has 0 amide bonds. The van der Waals surface area contributed by atoms with Crippen molar-refractivity contribution in [2.45, 2.75) is 13.1 Å². The van der Waals surface area contributed by atoms with Gasteiger partial charge < -0.3 is 15.5 Å². The summed E-state index contributed by atoms with van der Waals surface area (Å²) in [7, 11) is 3.92. The molecule has 0 bridgehead atoms. The Hall–Kier alpha value is -3.20. The Labute approximate surface area is 173 Å². The van der Waals surface area contributed by atoms with Crippen LogP contribution in [-0.4, -0.2) is 47.0 Å². The first-order valence-corrected chi connectivity index (χ1v) is 9.36. The van der Waals surface area contributed by atoms with Crippen molar-refractivity contribution in [3.05, 3.63) is 59.9 Å². The van der Waals surface area contributed by atoms with Gasteiger partial charge in [0.25, 0.3) is 0 Å². The third-order valence-corrected chi connectivity index (χ3v) is 4.45. The molecule has 2 aromatic heterocycles. The smallest absolute Gasteiger partial charge is 0.353 e. The highest BCUT2D eigenvalue weighted by molar-refractivity contribution is 5.69. The van der Waals surface area contributed by atoms with E-state index in [1.165, 1.54) is 13.0 Å². The van der Waals surface area contributed by atoms with E-state index in [2.05, 4.69) is 25.6 Å². The molecule has 2 heterocycles. The first-order valence-electron chi connectivity index (χ1n) is 9.36. The average Bonchev–Trinajstić information content (AvgIpc) is 2.69. The van der Waals surface area contributed by atoms with Crippen LogP contribution in [0.3, 0.4) is 0 Å². The average molecular weight is 416 g/mol. The number of nitrogens with one attached hydrogen (secondary N) is 2. The largest absolute Gasteiger partial charge is 0.416 e. The molecular formula is C21H23F3N6. The molecule has 0 spiro atoms. The molecule has 0 radical (unpaired) electrons. The Balaban J connectivity index is 1.96. The van der Waals surface area contributed by atoms with Crippen molar-refractivity contribution in [2.75, 3.05) is 37.8 Å². The maximum atomic E-state index is 13.2. The summed E-state index contributed by atoms with van der Waals surface area (Å²) in [5, 5.41) is 6.18. The maximum Gasteiger partial charge on any atom is 0.416 e. The summed E-state index contributed by atoms with van der Waals surface area (Å²) in [5.41, 5.74) is 1.22. The normalized spacial score (nSPS) is 11.6. The molecule has 2 N–H and O–H groups in total. The summed E-state index contributed by atoms with van der Waals surface area (Å²) >= 11 is 0. The van der Waals surface area contributed by atoms with Gasteiger partial charge >= 0.3 is 6.18 Å². The van der Waals surface area contributed by atoms with Crippen molar-refractivity contribution in [1.82, 2.24) is 19.9 Å². The minimum atomic E-state index is -4.42. The van der Waals surface area contributed by atoms with E-state index in [-0.39, 0.29) is 5.56 Å².